The van der Waals surface area contributed by atoms with Gasteiger partial charge in [0.2, 0.25) is 0 Å². The average molecular weight is 303 g/mol. The Morgan fingerprint density at radius 2 is 1.95 bits per heavy atom. The molecule has 1 amide bonds. The summed E-state index contributed by atoms with van der Waals surface area (Å²) in [4.78, 5) is 26.1. The number of ether oxygens (including phenoxy) is 1. The van der Waals surface area contributed by atoms with Gasteiger partial charge in [-0.15, -0.1) is 0 Å². The normalized spacial score (nSPS) is 19.2. The van der Waals surface area contributed by atoms with Gasteiger partial charge in [0.05, 0.1) is 6.54 Å². The number of piperidine rings is 1. The molecular formula is C18H25NO3. The van der Waals surface area contributed by atoms with E-state index in [1.165, 1.54) is 16.0 Å². The summed E-state index contributed by atoms with van der Waals surface area (Å²) in [5.74, 6) is -0.0237. The number of carbonyl (C=O) groups excluding carboxylic acids is 2. The molecule has 120 valence electrons. The molecule has 22 heavy (non-hydrogen) atoms. The average Bonchev–Trinajstić information content (AvgIpc) is 2.40. The number of Topliss-reactive ketones (excluding diaryl/α,β-unsaturated/α-hetero) is 1. The van der Waals surface area contributed by atoms with E-state index in [-0.39, 0.29) is 18.2 Å². The van der Waals surface area contributed by atoms with Crippen LogP contribution in [0.5, 0.6) is 0 Å². The minimum absolute atomic E-state index is 0.0887. The predicted molar refractivity (Wildman–Crippen MR) is 86.1 cm³/mol. The van der Waals surface area contributed by atoms with E-state index in [0.29, 0.717) is 13.0 Å². The van der Waals surface area contributed by atoms with Gasteiger partial charge in [0, 0.05) is 12.5 Å². The van der Waals surface area contributed by atoms with E-state index in [2.05, 4.69) is 19.9 Å². The molecule has 0 N–H and O–H groups in total. The van der Waals surface area contributed by atoms with E-state index in [4.69, 9.17) is 4.74 Å². The summed E-state index contributed by atoms with van der Waals surface area (Å²) in [5, 5.41) is 0. The lowest BCUT2D eigenvalue weighted by Gasteiger charge is -2.33. The van der Waals surface area contributed by atoms with Gasteiger partial charge in [-0.05, 0) is 57.7 Å². The fraction of sp³-hybridized carbons (Fsp3) is 0.556. The summed E-state index contributed by atoms with van der Waals surface area (Å²) in [7, 11) is 0. The summed E-state index contributed by atoms with van der Waals surface area (Å²) >= 11 is 0. The van der Waals surface area contributed by atoms with Crippen LogP contribution in [0.1, 0.15) is 49.8 Å². The standard InChI is InChI=1S/C18H25NO3/c1-12-7-6-8-14(13(12)2)15-9-10-19(11-16(15)20)17(21)22-18(3,4)5/h6-8,15H,9-11H2,1-5H3. The molecule has 1 aromatic rings. The first-order chi connectivity index (χ1) is 10.2. The summed E-state index contributed by atoms with van der Waals surface area (Å²) in [6, 6.07) is 6.07. The van der Waals surface area contributed by atoms with Gasteiger partial charge in [-0.2, -0.15) is 0 Å². The lowest BCUT2D eigenvalue weighted by atomic mass is 9.85. The van der Waals surface area contributed by atoms with Crippen molar-refractivity contribution < 1.29 is 14.3 Å². The summed E-state index contributed by atoms with van der Waals surface area (Å²) in [5.41, 5.74) is 2.92. The fourth-order valence-corrected chi connectivity index (χ4v) is 2.79. The van der Waals surface area contributed by atoms with Crippen LogP contribution in [0.4, 0.5) is 4.79 Å². The Morgan fingerprint density at radius 1 is 1.27 bits per heavy atom. The molecule has 1 aliphatic heterocycles. The number of benzene rings is 1. The molecule has 0 saturated carbocycles. The fourth-order valence-electron chi connectivity index (χ4n) is 2.79. The summed E-state index contributed by atoms with van der Waals surface area (Å²) in [6.45, 7) is 10.3. The number of hydrogen-bond donors (Lipinski definition) is 0. The van der Waals surface area contributed by atoms with Crippen molar-refractivity contribution in [3.8, 4) is 0 Å². The molecule has 1 saturated heterocycles. The van der Waals surface area contributed by atoms with Gasteiger partial charge in [0.15, 0.2) is 5.78 Å². The van der Waals surface area contributed by atoms with Gasteiger partial charge >= 0.3 is 6.09 Å². The Labute approximate surface area is 132 Å². The number of aryl methyl sites for hydroxylation is 1. The van der Waals surface area contributed by atoms with Crippen molar-refractivity contribution in [3.63, 3.8) is 0 Å². The monoisotopic (exact) mass is 303 g/mol. The van der Waals surface area contributed by atoms with Crippen molar-refractivity contribution in [3.05, 3.63) is 34.9 Å². The Balaban J connectivity index is 2.09. The molecule has 4 heteroatoms. The molecule has 0 spiro atoms. The maximum atomic E-state index is 12.5. The van der Waals surface area contributed by atoms with Crippen molar-refractivity contribution in [2.24, 2.45) is 0 Å². The number of nitrogens with zero attached hydrogens (tertiary/aromatic N) is 1. The van der Waals surface area contributed by atoms with Crippen LogP contribution in [0.2, 0.25) is 0 Å². The number of carbonyl (C=O) groups is 2. The second-order valence-corrected chi connectivity index (χ2v) is 7.00. The summed E-state index contributed by atoms with van der Waals surface area (Å²) in [6.07, 6.45) is 0.253. The number of amides is 1. The molecule has 4 nitrogen and oxygen atoms in total. The molecule has 0 bridgehead atoms. The zero-order chi connectivity index (χ0) is 16.5. The topological polar surface area (TPSA) is 46.6 Å². The Hall–Kier alpha value is -1.84. The highest BCUT2D eigenvalue weighted by Crippen LogP contribution is 2.29. The number of likely N-dealkylation sites (tertiary alicyclic amines) is 1. The van der Waals surface area contributed by atoms with Gasteiger partial charge in [0.25, 0.3) is 0 Å². The van der Waals surface area contributed by atoms with Crippen molar-refractivity contribution in [1.82, 2.24) is 4.90 Å². The van der Waals surface area contributed by atoms with Crippen LogP contribution in [0.15, 0.2) is 18.2 Å². The number of hydrogen-bond acceptors (Lipinski definition) is 3. The first-order valence-corrected chi connectivity index (χ1v) is 7.76. The molecule has 1 aliphatic rings. The molecular weight excluding hydrogens is 278 g/mol. The minimum Gasteiger partial charge on any atom is -0.444 e. The molecule has 0 aliphatic carbocycles. The molecule has 0 aromatic heterocycles. The molecule has 0 radical (unpaired) electrons. The second kappa shape index (κ2) is 6.11. The molecule has 1 heterocycles. The van der Waals surface area contributed by atoms with Crippen LogP contribution in [-0.2, 0) is 9.53 Å². The predicted octanol–water partition coefficient (Wildman–Crippen LogP) is 3.60. The highest BCUT2D eigenvalue weighted by atomic mass is 16.6. The van der Waals surface area contributed by atoms with Crippen molar-refractivity contribution in [2.45, 2.75) is 52.6 Å². The Kier molecular flexibility index (Phi) is 4.59. The molecule has 1 atom stereocenters. The van der Waals surface area contributed by atoms with Crippen LogP contribution in [0.25, 0.3) is 0 Å². The van der Waals surface area contributed by atoms with Gasteiger partial charge in [-0.25, -0.2) is 4.79 Å². The lowest BCUT2D eigenvalue weighted by molar-refractivity contribution is -0.123. The van der Waals surface area contributed by atoms with E-state index >= 15 is 0 Å². The van der Waals surface area contributed by atoms with E-state index in [9.17, 15) is 9.59 Å². The van der Waals surface area contributed by atoms with E-state index in [0.717, 1.165) is 5.56 Å². The number of rotatable bonds is 1. The van der Waals surface area contributed by atoms with E-state index in [1.54, 1.807) is 0 Å². The highest BCUT2D eigenvalue weighted by molar-refractivity contribution is 5.91. The third-order valence-corrected chi connectivity index (χ3v) is 4.10. The third kappa shape index (κ3) is 3.67. The quantitative estimate of drug-likeness (QED) is 0.796. The van der Waals surface area contributed by atoms with Crippen LogP contribution >= 0.6 is 0 Å². The smallest absolute Gasteiger partial charge is 0.410 e. The zero-order valence-corrected chi connectivity index (χ0v) is 14.1. The molecule has 1 aromatic carbocycles. The maximum Gasteiger partial charge on any atom is 0.410 e. The maximum absolute atomic E-state index is 12.5. The van der Waals surface area contributed by atoms with Gasteiger partial charge < -0.3 is 9.64 Å². The van der Waals surface area contributed by atoms with Crippen LogP contribution in [-0.4, -0.2) is 35.5 Å². The zero-order valence-electron chi connectivity index (χ0n) is 14.1. The van der Waals surface area contributed by atoms with Gasteiger partial charge in [-0.3, -0.25) is 4.79 Å². The van der Waals surface area contributed by atoms with E-state index in [1.807, 2.05) is 32.9 Å². The van der Waals surface area contributed by atoms with Gasteiger partial charge in [-0.1, -0.05) is 18.2 Å². The molecule has 1 unspecified atom stereocenters. The first-order valence-electron chi connectivity index (χ1n) is 7.76. The summed E-state index contributed by atoms with van der Waals surface area (Å²) < 4.78 is 5.34. The second-order valence-electron chi connectivity index (χ2n) is 7.00. The number of ketones is 1. The Bertz CT molecular complexity index is 586. The van der Waals surface area contributed by atoms with E-state index < -0.39 is 11.7 Å². The largest absolute Gasteiger partial charge is 0.444 e. The van der Waals surface area contributed by atoms with Crippen molar-refractivity contribution in [2.75, 3.05) is 13.1 Å². The van der Waals surface area contributed by atoms with Crippen LogP contribution in [0, 0.1) is 13.8 Å². The van der Waals surface area contributed by atoms with Crippen molar-refractivity contribution >= 4 is 11.9 Å². The van der Waals surface area contributed by atoms with Crippen molar-refractivity contribution in [1.29, 1.82) is 0 Å². The lowest BCUT2D eigenvalue weighted by Crippen LogP contribution is -2.45. The molecule has 1 fully saturated rings. The van der Waals surface area contributed by atoms with Crippen LogP contribution in [0.3, 0.4) is 0 Å². The first kappa shape index (κ1) is 16.5. The van der Waals surface area contributed by atoms with Gasteiger partial charge in [0.1, 0.15) is 5.60 Å². The highest BCUT2D eigenvalue weighted by Gasteiger charge is 2.33. The molecule has 2 rings (SSSR count). The Morgan fingerprint density at radius 3 is 2.55 bits per heavy atom. The van der Waals surface area contributed by atoms with Crippen LogP contribution < -0.4 is 0 Å². The third-order valence-electron chi connectivity index (χ3n) is 4.10. The minimum atomic E-state index is -0.538. The SMILES string of the molecule is Cc1cccc(C2CCN(C(=O)OC(C)(C)C)CC2=O)c1C.